The number of nitrogens with one attached hydrogen (secondary N) is 1. The first-order chi connectivity index (χ1) is 12.3. The molecular weight excluding hydrogens is 371 g/mol. The molecule has 26 heavy (non-hydrogen) atoms. The van der Waals surface area contributed by atoms with E-state index in [2.05, 4.69) is 15.3 Å². The number of aromatic nitrogens is 2. The molecule has 0 radical (unpaired) electrons. The number of halogens is 3. The Morgan fingerprint density at radius 1 is 1.42 bits per heavy atom. The first-order valence-electron chi connectivity index (χ1n) is 7.71. The van der Waals surface area contributed by atoms with Crippen molar-refractivity contribution < 1.29 is 27.1 Å². The average molecular weight is 389 g/mol. The molecule has 6 nitrogen and oxygen atoms in total. The fourth-order valence-corrected chi connectivity index (χ4v) is 2.85. The first-order valence-corrected chi connectivity index (χ1v) is 8.69. The van der Waals surface area contributed by atoms with E-state index in [1.54, 1.807) is 13.0 Å². The molecule has 0 saturated heterocycles. The van der Waals surface area contributed by atoms with E-state index in [4.69, 9.17) is 9.15 Å². The number of furan rings is 1. The molecule has 0 aliphatic heterocycles. The van der Waals surface area contributed by atoms with E-state index in [1.165, 1.54) is 19.4 Å². The second kappa shape index (κ2) is 9.04. The number of hydrogen-bond donors (Lipinski definition) is 1. The molecule has 0 aliphatic rings. The number of thioether (sulfide) groups is 1. The summed E-state index contributed by atoms with van der Waals surface area (Å²) in [7, 11) is 1.53. The molecule has 1 amide bonds. The third-order valence-corrected chi connectivity index (χ3v) is 4.00. The van der Waals surface area contributed by atoms with Crippen molar-refractivity contribution in [3.8, 4) is 11.5 Å². The third kappa shape index (κ3) is 6.03. The summed E-state index contributed by atoms with van der Waals surface area (Å²) in [6, 6.07) is 3.76. The summed E-state index contributed by atoms with van der Waals surface area (Å²) in [5.74, 6) is 0.232. The standard InChI is InChI=1S/C16H18F3N3O3S/c1-10(9-24-2)20-14(23)5-7-26-15-21-11(12-4-3-6-25-12)8-13(22-15)16(17,18)19/h3-4,6,8,10H,5,7,9H2,1-2H3,(H,20,23)/t10-/m0/s1. The van der Waals surface area contributed by atoms with Crippen LogP contribution in [0.4, 0.5) is 13.2 Å². The van der Waals surface area contributed by atoms with E-state index in [9.17, 15) is 18.0 Å². The van der Waals surface area contributed by atoms with Gasteiger partial charge >= 0.3 is 6.18 Å². The Hall–Kier alpha value is -2.07. The Labute approximate surface area is 152 Å². The van der Waals surface area contributed by atoms with Crippen molar-refractivity contribution in [3.05, 3.63) is 30.2 Å². The Kier molecular flexibility index (Phi) is 7.04. The van der Waals surface area contributed by atoms with Crippen LogP contribution < -0.4 is 5.32 Å². The van der Waals surface area contributed by atoms with Gasteiger partial charge < -0.3 is 14.5 Å². The van der Waals surface area contributed by atoms with Crippen LogP contribution in [-0.4, -0.2) is 41.4 Å². The first kappa shape index (κ1) is 20.2. The molecule has 1 N–H and O–H groups in total. The number of amides is 1. The minimum absolute atomic E-state index is 0.0398. The zero-order chi connectivity index (χ0) is 19.2. The molecule has 2 heterocycles. The number of carbonyl (C=O) groups is 1. The van der Waals surface area contributed by atoms with Crippen LogP contribution in [0.5, 0.6) is 0 Å². The lowest BCUT2D eigenvalue weighted by atomic mass is 10.2. The molecule has 0 aromatic carbocycles. The topological polar surface area (TPSA) is 77.2 Å². The predicted molar refractivity (Wildman–Crippen MR) is 89.6 cm³/mol. The van der Waals surface area contributed by atoms with Crippen molar-refractivity contribution in [1.82, 2.24) is 15.3 Å². The molecule has 2 aromatic heterocycles. The minimum Gasteiger partial charge on any atom is -0.463 e. The highest BCUT2D eigenvalue weighted by Crippen LogP contribution is 2.32. The molecule has 142 valence electrons. The van der Waals surface area contributed by atoms with E-state index in [1.807, 2.05) is 0 Å². The molecular formula is C16H18F3N3O3S. The number of ether oxygens (including phenoxy) is 1. The van der Waals surface area contributed by atoms with Gasteiger partial charge in [-0.05, 0) is 25.1 Å². The van der Waals surface area contributed by atoms with Crippen LogP contribution in [0.2, 0.25) is 0 Å². The van der Waals surface area contributed by atoms with Gasteiger partial charge in [0.25, 0.3) is 0 Å². The summed E-state index contributed by atoms with van der Waals surface area (Å²) in [6.45, 7) is 2.17. The number of rotatable bonds is 8. The van der Waals surface area contributed by atoms with Crippen LogP contribution in [0.1, 0.15) is 19.0 Å². The van der Waals surface area contributed by atoms with Crippen molar-refractivity contribution in [2.75, 3.05) is 19.5 Å². The van der Waals surface area contributed by atoms with Crippen LogP contribution in [-0.2, 0) is 15.7 Å². The Morgan fingerprint density at radius 3 is 2.81 bits per heavy atom. The second-order valence-corrected chi connectivity index (χ2v) is 6.48. The zero-order valence-corrected chi connectivity index (χ0v) is 15.0. The lowest BCUT2D eigenvalue weighted by Gasteiger charge is -2.12. The predicted octanol–water partition coefficient (Wildman–Crippen LogP) is 3.39. The van der Waals surface area contributed by atoms with Crippen LogP contribution >= 0.6 is 11.8 Å². The van der Waals surface area contributed by atoms with Crippen molar-refractivity contribution in [1.29, 1.82) is 0 Å². The molecule has 1 atom stereocenters. The van der Waals surface area contributed by atoms with Crippen molar-refractivity contribution in [3.63, 3.8) is 0 Å². The smallest absolute Gasteiger partial charge is 0.433 e. The van der Waals surface area contributed by atoms with E-state index in [0.717, 1.165) is 17.8 Å². The summed E-state index contributed by atoms with van der Waals surface area (Å²) in [5.41, 5.74) is -1.02. The van der Waals surface area contributed by atoms with E-state index >= 15 is 0 Å². The van der Waals surface area contributed by atoms with Crippen molar-refractivity contribution in [2.24, 2.45) is 0 Å². The SMILES string of the molecule is COC[C@H](C)NC(=O)CCSc1nc(-c2ccco2)cc(C(F)(F)F)n1. The molecule has 2 aromatic rings. The van der Waals surface area contributed by atoms with Gasteiger partial charge in [-0.3, -0.25) is 4.79 Å². The van der Waals surface area contributed by atoms with Gasteiger partial charge in [0.2, 0.25) is 5.91 Å². The lowest BCUT2D eigenvalue weighted by Crippen LogP contribution is -2.35. The van der Waals surface area contributed by atoms with Gasteiger partial charge in [0.1, 0.15) is 11.4 Å². The van der Waals surface area contributed by atoms with Crippen molar-refractivity contribution >= 4 is 17.7 Å². The fourth-order valence-electron chi connectivity index (χ4n) is 2.06. The summed E-state index contributed by atoms with van der Waals surface area (Å²) >= 11 is 0.975. The minimum atomic E-state index is -4.60. The average Bonchev–Trinajstić information content (AvgIpc) is 3.08. The fraction of sp³-hybridized carbons (Fsp3) is 0.438. The third-order valence-electron chi connectivity index (χ3n) is 3.15. The van der Waals surface area contributed by atoms with Gasteiger partial charge in [0.15, 0.2) is 10.9 Å². The Morgan fingerprint density at radius 2 is 2.19 bits per heavy atom. The van der Waals surface area contributed by atoms with Gasteiger partial charge in [-0.15, -0.1) is 0 Å². The van der Waals surface area contributed by atoms with Gasteiger partial charge in [0, 0.05) is 25.3 Å². The normalized spacial score (nSPS) is 12.8. The summed E-state index contributed by atoms with van der Waals surface area (Å²) < 4.78 is 49.2. The van der Waals surface area contributed by atoms with E-state index in [0.29, 0.717) is 6.61 Å². The van der Waals surface area contributed by atoms with E-state index < -0.39 is 11.9 Å². The van der Waals surface area contributed by atoms with Gasteiger partial charge in [-0.2, -0.15) is 13.2 Å². The molecule has 10 heteroatoms. The number of carbonyl (C=O) groups excluding carboxylic acids is 1. The van der Waals surface area contributed by atoms with Gasteiger partial charge in [0.05, 0.1) is 12.9 Å². The largest absolute Gasteiger partial charge is 0.463 e. The molecule has 0 unspecified atom stereocenters. The van der Waals surface area contributed by atoms with E-state index in [-0.39, 0.29) is 40.7 Å². The van der Waals surface area contributed by atoms with Crippen LogP contribution in [0.15, 0.2) is 34.0 Å². The monoisotopic (exact) mass is 389 g/mol. The molecule has 2 rings (SSSR count). The number of hydrogen-bond acceptors (Lipinski definition) is 6. The summed E-state index contributed by atoms with van der Waals surface area (Å²) in [6.07, 6.45) is -3.13. The highest BCUT2D eigenvalue weighted by atomic mass is 32.2. The zero-order valence-electron chi connectivity index (χ0n) is 14.2. The molecule has 0 spiro atoms. The Bertz CT molecular complexity index is 723. The molecule has 0 bridgehead atoms. The quantitative estimate of drug-likeness (QED) is 0.551. The highest BCUT2D eigenvalue weighted by Gasteiger charge is 2.34. The van der Waals surface area contributed by atoms with Crippen molar-refractivity contribution in [2.45, 2.75) is 30.7 Å². The summed E-state index contributed by atoms with van der Waals surface area (Å²) in [4.78, 5) is 19.4. The molecule has 0 saturated carbocycles. The number of nitrogens with zero attached hydrogens (tertiary/aromatic N) is 2. The maximum Gasteiger partial charge on any atom is 0.433 e. The number of methoxy groups -OCH3 is 1. The molecule has 0 fully saturated rings. The van der Waals surface area contributed by atoms with Crippen LogP contribution in [0.25, 0.3) is 11.5 Å². The maximum atomic E-state index is 13.0. The summed E-state index contributed by atoms with van der Waals surface area (Å²) in [5, 5.41) is 2.66. The lowest BCUT2D eigenvalue weighted by molar-refractivity contribution is -0.141. The molecule has 0 aliphatic carbocycles. The van der Waals surface area contributed by atoms with Crippen LogP contribution in [0.3, 0.4) is 0 Å². The maximum absolute atomic E-state index is 13.0. The Balaban J connectivity index is 2.04. The van der Waals surface area contributed by atoms with Gasteiger partial charge in [-0.1, -0.05) is 11.8 Å². The second-order valence-electron chi connectivity index (χ2n) is 5.42. The van der Waals surface area contributed by atoms with Crippen LogP contribution in [0, 0.1) is 0 Å². The number of alkyl halides is 3. The van der Waals surface area contributed by atoms with Gasteiger partial charge in [-0.25, -0.2) is 9.97 Å². The highest BCUT2D eigenvalue weighted by molar-refractivity contribution is 7.99.